The highest BCUT2D eigenvalue weighted by atomic mass is 16.1. The van der Waals surface area contributed by atoms with E-state index in [9.17, 15) is 4.79 Å². The van der Waals surface area contributed by atoms with Crippen molar-refractivity contribution in [3.05, 3.63) is 17.6 Å². The number of anilines is 1. The molecule has 1 aromatic rings. The van der Waals surface area contributed by atoms with Crippen molar-refractivity contribution < 1.29 is 4.79 Å². The molecule has 1 amide bonds. The Hall–Kier alpha value is -1.65. The topological polar surface area (TPSA) is 66.9 Å². The summed E-state index contributed by atoms with van der Waals surface area (Å²) in [7, 11) is 0. The lowest BCUT2D eigenvalue weighted by Crippen LogP contribution is -2.26. The van der Waals surface area contributed by atoms with Crippen molar-refractivity contribution >= 4 is 11.7 Å². The van der Waals surface area contributed by atoms with Crippen molar-refractivity contribution in [2.45, 2.75) is 20.8 Å². The van der Waals surface area contributed by atoms with Crippen molar-refractivity contribution in [2.75, 3.05) is 18.4 Å². The van der Waals surface area contributed by atoms with Gasteiger partial charge in [-0.1, -0.05) is 0 Å². The smallest absolute Gasteiger partial charge is 0.216 e. The van der Waals surface area contributed by atoms with E-state index in [1.807, 2.05) is 19.9 Å². The lowest BCUT2D eigenvalue weighted by Gasteiger charge is -2.07. The Kier molecular flexibility index (Phi) is 4.03. The fourth-order valence-corrected chi connectivity index (χ4v) is 1.24. The molecule has 0 aromatic carbocycles. The third-order valence-electron chi connectivity index (χ3n) is 1.77. The van der Waals surface area contributed by atoms with E-state index in [-0.39, 0.29) is 5.91 Å². The van der Waals surface area contributed by atoms with Crippen LogP contribution in [0.4, 0.5) is 5.82 Å². The molecule has 0 atom stereocenters. The van der Waals surface area contributed by atoms with E-state index in [2.05, 4.69) is 20.6 Å². The Morgan fingerprint density at radius 2 is 2.07 bits per heavy atom. The van der Waals surface area contributed by atoms with E-state index in [1.54, 1.807) is 0 Å². The van der Waals surface area contributed by atoms with Gasteiger partial charge in [-0.2, -0.15) is 0 Å². The Morgan fingerprint density at radius 3 is 2.67 bits per heavy atom. The van der Waals surface area contributed by atoms with Crippen molar-refractivity contribution in [3.63, 3.8) is 0 Å². The van der Waals surface area contributed by atoms with Gasteiger partial charge < -0.3 is 10.6 Å². The molecule has 5 nitrogen and oxygen atoms in total. The quantitative estimate of drug-likeness (QED) is 0.713. The molecule has 0 unspecified atom stereocenters. The minimum absolute atomic E-state index is 0.0214. The van der Waals surface area contributed by atoms with Gasteiger partial charge in [-0.15, -0.1) is 0 Å². The molecule has 0 aliphatic carbocycles. The maximum Gasteiger partial charge on any atom is 0.216 e. The molecule has 0 radical (unpaired) electrons. The predicted molar refractivity (Wildman–Crippen MR) is 58.7 cm³/mol. The Morgan fingerprint density at radius 1 is 1.33 bits per heavy atom. The summed E-state index contributed by atoms with van der Waals surface area (Å²) >= 11 is 0. The number of amides is 1. The van der Waals surface area contributed by atoms with E-state index in [0.29, 0.717) is 13.1 Å². The second-order valence-electron chi connectivity index (χ2n) is 3.35. The second kappa shape index (κ2) is 5.29. The SMILES string of the molecule is CC(=O)NCCNc1cc(C)nc(C)n1. The maximum atomic E-state index is 10.6. The van der Waals surface area contributed by atoms with Gasteiger partial charge in [-0.25, -0.2) is 9.97 Å². The highest BCUT2D eigenvalue weighted by molar-refractivity contribution is 5.72. The summed E-state index contributed by atoms with van der Waals surface area (Å²) in [5.41, 5.74) is 0.935. The summed E-state index contributed by atoms with van der Waals surface area (Å²) in [6, 6.07) is 1.88. The van der Waals surface area contributed by atoms with Crippen LogP contribution in [0.15, 0.2) is 6.07 Å². The highest BCUT2D eigenvalue weighted by Gasteiger charge is 1.97. The molecule has 0 saturated carbocycles. The van der Waals surface area contributed by atoms with E-state index >= 15 is 0 Å². The Balaban J connectivity index is 2.40. The maximum absolute atomic E-state index is 10.6. The number of nitrogens with zero attached hydrogens (tertiary/aromatic N) is 2. The number of hydrogen-bond acceptors (Lipinski definition) is 4. The number of rotatable bonds is 4. The molecule has 5 heteroatoms. The van der Waals surface area contributed by atoms with Gasteiger partial charge in [0.25, 0.3) is 0 Å². The second-order valence-corrected chi connectivity index (χ2v) is 3.35. The number of carbonyl (C=O) groups excluding carboxylic acids is 1. The molecule has 1 rings (SSSR count). The van der Waals surface area contributed by atoms with Crippen molar-refractivity contribution in [2.24, 2.45) is 0 Å². The molecular formula is C10H16N4O. The number of hydrogen-bond donors (Lipinski definition) is 2. The summed E-state index contributed by atoms with van der Waals surface area (Å²) in [6.07, 6.45) is 0. The van der Waals surface area contributed by atoms with Gasteiger partial charge in [0.2, 0.25) is 5.91 Å². The molecule has 1 heterocycles. The third-order valence-corrected chi connectivity index (χ3v) is 1.77. The summed E-state index contributed by atoms with van der Waals surface area (Å²) in [5.74, 6) is 1.52. The van der Waals surface area contributed by atoms with Gasteiger partial charge in [0.15, 0.2) is 0 Å². The first-order chi connectivity index (χ1) is 7.08. The predicted octanol–water partition coefficient (Wildman–Crippen LogP) is 0.641. The minimum Gasteiger partial charge on any atom is -0.368 e. The van der Waals surface area contributed by atoms with Crippen molar-refractivity contribution in [1.82, 2.24) is 15.3 Å². The highest BCUT2D eigenvalue weighted by Crippen LogP contribution is 2.04. The van der Waals surface area contributed by atoms with Gasteiger partial charge in [0, 0.05) is 31.8 Å². The fraction of sp³-hybridized carbons (Fsp3) is 0.500. The van der Waals surface area contributed by atoms with E-state index in [0.717, 1.165) is 17.3 Å². The molecule has 0 saturated heterocycles. The fourth-order valence-electron chi connectivity index (χ4n) is 1.24. The number of aromatic nitrogens is 2. The van der Waals surface area contributed by atoms with Crippen LogP contribution < -0.4 is 10.6 Å². The van der Waals surface area contributed by atoms with Gasteiger partial charge in [-0.05, 0) is 13.8 Å². The summed E-state index contributed by atoms with van der Waals surface area (Å²) in [6.45, 7) is 6.53. The number of aryl methyl sites for hydroxylation is 2. The Labute approximate surface area is 89.3 Å². The van der Waals surface area contributed by atoms with E-state index in [1.165, 1.54) is 6.92 Å². The molecule has 0 bridgehead atoms. The molecule has 2 N–H and O–H groups in total. The lowest BCUT2D eigenvalue weighted by atomic mass is 10.4. The van der Waals surface area contributed by atoms with Crippen LogP contribution in [-0.4, -0.2) is 29.0 Å². The summed E-state index contributed by atoms with van der Waals surface area (Å²) in [5, 5.41) is 5.82. The minimum atomic E-state index is -0.0214. The normalized spacial score (nSPS) is 9.80. The zero-order valence-electron chi connectivity index (χ0n) is 9.29. The number of nitrogens with one attached hydrogen (secondary N) is 2. The molecule has 82 valence electrons. The van der Waals surface area contributed by atoms with Crippen LogP contribution in [0.2, 0.25) is 0 Å². The molecule has 1 aromatic heterocycles. The van der Waals surface area contributed by atoms with Gasteiger partial charge in [0.05, 0.1) is 0 Å². The van der Waals surface area contributed by atoms with E-state index < -0.39 is 0 Å². The first kappa shape index (κ1) is 11.4. The summed E-state index contributed by atoms with van der Waals surface area (Å²) in [4.78, 5) is 19.0. The van der Waals surface area contributed by atoms with Gasteiger partial charge in [0.1, 0.15) is 11.6 Å². The molecule has 0 fully saturated rings. The number of carbonyl (C=O) groups is 1. The van der Waals surface area contributed by atoms with Crippen LogP contribution in [0.3, 0.4) is 0 Å². The zero-order valence-corrected chi connectivity index (χ0v) is 9.29. The van der Waals surface area contributed by atoms with Crippen molar-refractivity contribution in [1.29, 1.82) is 0 Å². The molecular weight excluding hydrogens is 192 g/mol. The third kappa shape index (κ3) is 4.39. The molecule has 0 spiro atoms. The van der Waals surface area contributed by atoms with Gasteiger partial charge >= 0.3 is 0 Å². The van der Waals surface area contributed by atoms with Crippen LogP contribution in [0, 0.1) is 13.8 Å². The lowest BCUT2D eigenvalue weighted by molar-refractivity contribution is -0.118. The average Bonchev–Trinajstić information content (AvgIpc) is 2.10. The van der Waals surface area contributed by atoms with Crippen LogP contribution in [0.1, 0.15) is 18.4 Å². The first-order valence-corrected chi connectivity index (χ1v) is 4.88. The molecule has 15 heavy (non-hydrogen) atoms. The largest absolute Gasteiger partial charge is 0.368 e. The summed E-state index contributed by atoms with van der Waals surface area (Å²) < 4.78 is 0. The first-order valence-electron chi connectivity index (χ1n) is 4.88. The van der Waals surface area contributed by atoms with Crippen molar-refractivity contribution in [3.8, 4) is 0 Å². The molecule has 0 aliphatic rings. The van der Waals surface area contributed by atoms with Crippen LogP contribution in [-0.2, 0) is 4.79 Å². The van der Waals surface area contributed by atoms with E-state index in [4.69, 9.17) is 0 Å². The molecule has 0 aliphatic heterocycles. The van der Waals surface area contributed by atoms with Gasteiger partial charge in [-0.3, -0.25) is 4.79 Å². The zero-order chi connectivity index (χ0) is 11.3. The Bertz CT molecular complexity index is 331. The standard InChI is InChI=1S/C10H16N4O/c1-7-6-10(14-8(2)13-7)12-5-4-11-9(3)15/h6H,4-5H2,1-3H3,(H,11,15)(H,12,13,14). The van der Waals surface area contributed by atoms with Crippen LogP contribution in [0.25, 0.3) is 0 Å². The van der Waals surface area contributed by atoms with Crippen LogP contribution in [0.5, 0.6) is 0 Å². The monoisotopic (exact) mass is 208 g/mol. The average molecular weight is 208 g/mol. The van der Waals surface area contributed by atoms with Crippen LogP contribution >= 0.6 is 0 Å².